The number of aliphatic hydroxyl groups excluding tert-OH is 1. The van der Waals surface area contributed by atoms with Crippen LogP contribution in [0.15, 0.2) is 60.7 Å². The van der Waals surface area contributed by atoms with Gasteiger partial charge in [-0.3, -0.25) is 0 Å². The summed E-state index contributed by atoms with van der Waals surface area (Å²) in [6.07, 6.45) is 0.360. The summed E-state index contributed by atoms with van der Waals surface area (Å²) in [5, 5.41) is 14.7. The Kier molecular flexibility index (Phi) is 13.0. The van der Waals surface area contributed by atoms with Gasteiger partial charge in [-0.25, -0.2) is 9.59 Å². The summed E-state index contributed by atoms with van der Waals surface area (Å²) in [7, 11) is 0. The lowest BCUT2D eigenvalue weighted by molar-refractivity contribution is 0.0478. The molecule has 0 heterocycles. The number of carbonyl (C=O) groups excluding carboxylic acids is 2. The van der Waals surface area contributed by atoms with Crippen molar-refractivity contribution in [3.8, 4) is 0 Å². The van der Waals surface area contributed by atoms with Gasteiger partial charge in [0.25, 0.3) is 0 Å². The van der Waals surface area contributed by atoms with E-state index in [4.69, 9.17) is 15.2 Å². The van der Waals surface area contributed by atoms with Crippen LogP contribution in [0.1, 0.15) is 52.7 Å². The minimum absolute atomic E-state index is 0.109. The number of hydrogen-bond acceptors (Lipinski definition) is 6. The van der Waals surface area contributed by atoms with Crippen LogP contribution in [-0.2, 0) is 22.3 Å². The molecule has 200 valence electrons. The molecule has 0 bridgehead atoms. The monoisotopic (exact) mass is 501 g/mol. The largest absolute Gasteiger partial charge is 0.444 e. The SMILES string of the molecule is CC(C)(C)OC(=O)N[C@H](CN)Cc1ccccc1.CC(C)(C)OC(=O)N[C@H](CO)Cc1ccccc1. The molecule has 0 spiro atoms. The summed E-state index contributed by atoms with van der Waals surface area (Å²) in [4.78, 5) is 23.2. The second-order valence-electron chi connectivity index (χ2n) is 10.5. The third-order valence-electron chi connectivity index (χ3n) is 4.60. The Balaban J connectivity index is 0.000000360. The van der Waals surface area contributed by atoms with Gasteiger partial charge >= 0.3 is 12.2 Å². The van der Waals surface area contributed by atoms with Gasteiger partial charge in [0.15, 0.2) is 0 Å². The van der Waals surface area contributed by atoms with Gasteiger partial charge in [-0.2, -0.15) is 0 Å². The molecule has 0 aliphatic rings. The number of aliphatic hydroxyl groups is 1. The molecule has 0 aliphatic heterocycles. The van der Waals surface area contributed by atoms with Crippen LogP contribution < -0.4 is 16.4 Å². The fraction of sp³-hybridized carbons (Fsp3) is 0.500. The quantitative estimate of drug-likeness (QED) is 0.430. The van der Waals surface area contributed by atoms with E-state index in [1.165, 1.54) is 0 Å². The second kappa shape index (κ2) is 15.1. The first-order chi connectivity index (χ1) is 16.8. The van der Waals surface area contributed by atoms with Gasteiger partial charge < -0.3 is 30.9 Å². The highest BCUT2D eigenvalue weighted by Crippen LogP contribution is 2.09. The van der Waals surface area contributed by atoms with Gasteiger partial charge in [-0.15, -0.1) is 0 Å². The normalized spacial score (nSPS) is 12.9. The lowest BCUT2D eigenvalue weighted by Crippen LogP contribution is -2.44. The number of carbonyl (C=O) groups is 2. The van der Waals surface area contributed by atoms with E-state index in [2.05, 4.69) is 10.6 Å². The van der Waals surface area contributed by atoms with Crippen LogP contribution in [0.4, 0.5) is 9.59 Å². The van der Waals surface area contributed by atoms with Crippen LogP contribution in [-0.4, -0.2) is 53.7 Å². The maximum absolute atomic E-state index is 11.6. The zero-order valence-electron chi connectivity index (χ0n) is 22.4. The van der Waals surface area contributed by atoms with E-state index in [0.717, 1.165) is 11.1 Å². The van der Waals surface area contributed by atoms with Gasteiger partial charge in [0.05, 0.1) is 12.6 Å². The Morgan fingerprint density at radius 3 is 1.44 bits per heavy atom. The van der Waals surface area contributed by atoms with Crippen molar-refractivity contribution in [3.63, 3.8) is 0 Å². The molecule has 0 saturated heterocycles. The van der Waals surface area contributed by atoms with Crippen molar-refractivity contribution >= 4 is 12.2 Å². The predicted octanol–water partition coefficient (Wildman–Crippen LogP) is 4.20. The fourth-order valence-electron chi connectivity index (χ4n) is 3.10. The second-order valence-corrected chi connectivity index (χ2v) is 10.5. The van der Waals surface area contributed by atoms with Gasteiger partial charge in [-0.05, 0) is 65.5 Å². The van der Waals surface area contributed by atoms with E-state index < -0.39 is 23.4 Å². The van der Waals surface area contributed by atoms with Crippen LogP contribution in [0.3, 0.4) is 0 Å². The van der Waals surface area contributed by atoms with Gasteiger partial charge in [0.2, 0.25) is 0 Å². The average molecular weight is 502 g/mol. The number of benzene rings is 2. The first-order valence-electron chi connectivity index (χ1n) is 12.2. The molecular formula is C28H43N3O5. The van der Waals surface area contributed by atoms with Gasteiger partial charge in [-0.1, -0.05) is 60.7 Å². The van der Waals surface area contributed by atoms with Crippen LogP contribution in [0.2, 0.25) is 0 Å². The van der Waals surface area contributed by atoms with E-state index in [1.807, 2.05) is 81.4 Å². The van der Waals surface area contributed by atoms with E-state index in [1.54, 1.807) is 20.8 Å². The Labute approximate surface area is 215 Å². The standard InChI is InChI=1S/C14H22N2O2.C14H21NO3/c1-14(2,3)18-13(17)16-12(10-15)9-11-7-5-4-6-8-11;1-14(2,3)18-13(17)15-12(10-16)9-11-7-5-4-6-8-11/h4-8,12H,9-10,15H2,1-3H3,(H,16,17);4-8,12,16H,9-10H2,1-3H3,(H,15,17)/t2*12-/m00/s1. The maximum Gasteiger partial charge on any atom is 0.407 e. The zero-order valence-corrected chi connectivity index (χ0v) is 22.4. The topological polar surface area (TPSA) is 123 Å². The first-order valence-corrected chi connectivity index (χ1v) is 12.2. The molecule has 0 fully saturated rings. The van der Waals surface area contributed by atoms with Crippen LogP contribution in [0.25, 0.3) is 0 Å². The molecule has 0 aromatic heterocycles. The molecule has 5 N–H and O–H groups in total. The number of nitrogens with two attached hydrogens (primary N) is 1. The molecule has 2 amide bonds. The van der Waals surface area contributed by atoms with Crippen molar-refractivity contribution in [1.82, 2.24) is 10.6 Å². The van der Waals surface area contributed by atoms with E-state index in [0.29, 0.717) is 19.4 Å². The number of alkyl carbamates (subject to hydrolysis) is 2. The Bertz CT molecular complexity index is 817. The highest BCUT2D eigenvalue weighted by molar-refractivity contribution is 5.68. The summed E-state index contributed by atoms with van der Waals surface area (Å²) in [5.41, 5.74) is 6.85. The van der Waals surface area contributed by atoms with Crippen molar-refractivity contribution < 1.29 is 24.2 Å². The maximum atomic E-state index is 11.6. The zero-order chi connectivity index (χ0) is 27.2. The minimum atomic E-state index is -0.531. The Hall–Kier alpha value is -3.10. The lowest BCUT2D eigenvalue weighted by Gasteiger charge is -2.23. The third kappa shape index (κ3) is 15.0. The Morgan fingerprint density at radius 1 is 0.750 bits per heavy atom. The minimum Gasteiger partial charge on any atom is -0.444 e. The number of nitrogens with one attached hydrogen (secondary N) is 2. The molecule has 0 saturated carbocycles. The number of ether oxygens (including phenoxy) is 2. The summed E-state index contributed by atoms with van der Waals surface area (Å²) >= 11 is 0. The van der Waals surface area contributed by atoms with E-state index >= 15 is 0 Å². The predicted molar refractivity (Wildman–Crippen MR) is 143 cm³/mol. The first kappa shape index (κ1) is 30.9. The average Bonchev–Trinajstić information content (AvgIpc) is 2.77. The summed E-state index contributed by atoms with van der Waals surface area (Å²) in [6.45, 7) is 11.2. The van der Waals surface area contributed by atoms with Crippen molar-refractivity contribution in [2.24, 2.45) is 5.73 Å². The fourth-order valence-corrected chi connectivity index (χ4v) is 3.10. The summed E-state index contributed by atoms with van der Waals surface area (Å²) in [6, 6.07) is 19.2. The molecule has 0 aliphatic carbocycles. The van der Waals surface area contributed by atoms with Crippen molar-refractivity contribution in [2.75, 3.05) is 13.2 Å². The lowest BCUT2D eigenvalue weighted by atomic mass is 10.1. The highest BCUT2D eigenvalue weighted by atomic mass is 16.6. The number of rotatable bonds is 8. The molecule has 2 rings (SSSR count). The molecule has 0 radical (unpaired) electrons. The smallest absolute Gasteiger partial charge is 0.407 e. The number of hydrogen-bond donors (Lipinski definition) is 4. The molecular weight excluding hydrogens is 458 g/mol. The van der Waals surface area contributed by atoms with Crippen molar-refractivity contribution in [1.29, 1.82) is 0 Å². The third-order valence-corrected chi connectivity index (χ3v) is 4.60. The number of amides is 2. The summed E-state index contributed by atoms with van der Waals surface area (Å²) < 4.78 is 10.3. The van der Waals surface area contributed by atoms with Crippen molar-refractivity contribution in [2.45, 2.75) is 77.7 Å². The molecule has 2 atom stereocenters. The van der Waals surface area contributed by atoms with Gasteiger partial charge in [0, 0.05) is 12.6 Å². The molecule has 2 aromatic carbocycles. The van der Waals surface area contributed by atoms with E-state index in [9.17, 15) is 14.7 Å². The molecule has 0 unspecified atom stereocenters. The van der Waals surface area contributed by atoms with E-state index in [-0.39, 0.29) is 18.7 Å². The molecule has 2 aromatic rings. The highest BCUT2D eigenvalue weighted by Gasteiger charge is 2.20. The van der Waals surface area contributed by atoms with Crippen LogP contribution in [0.5, 0.6) is 0 Å². The Morgan fingerprint density at radius 2 is 1.11 bits per heavy atom. The van der Waals surface area contributed by atoms with Crippen LogP contribution >= 0.6 is 0 Å². The van der Waals surface area contributed by atoms with Gasteiger partial charge in [0.1, 0.15) is 11.2 Å². The molecule has 8 nitrogen and oxygen atoms in total. The molecule has 36 heavy (non-hydrogen) atoms. The molecule has 8 heteroatoms. The van der Waals surface area contributed by atoms with Crippen LogP contribution in [0, 0.1) is 0 Å². The summed E-state index contributed by atoms with van der Waals surface area (Å²) in [5.74, 6) is 0. The van der Waals surface area contributed by atoms with Crippen molar-refractivity contribution in [3.05, 3.63) is 71.8 Å².